The lowest BCUT2D eigenvalue weighted by Crippen LogP contribution is -2.44. The quantitative estimate of drug-likeness (QED) is 0.647. The van der Waals surface area contributed by atoms with Crippen LogP contribution in [0.25, 0.3) is 11.0 Å². The van der Waals surface area contributed by atoms with Crippen molar-refractivity contribution in [3.8, 4) is 0 Å². The fourth-order valence-electron chi connectivity index (χ4n) is 3.48. The van der Waals surface area contributed by atoms with Gasteiger partial charge < -0.3 is 20.5 Å². The summed E-state index contributed by atoms with van der Waals surface area (Å²) in [6.07, 6.45) is 0.672. The SMILES string of the molecule is CNC(=O)c1cc(Cc2cccc(Cl)c2)c2[nH]c(N3CCNCC3)nc2c1. The lowest BCUT2D eigenvalue weighted by Gasteiger charge is -2.26. The molecule has 0 atom stereocenters. The van der Waals surface area contributed by atoms with E-state index in [1.165, 1.54) is 0 Å². The Bertz CT molecular complexity index is 978. The van der Waals surface area contributed by atoms with Crippen molar-refractivity contribution in [2.75, 3.05) is 38.1 Å². The minimum absolute atomic E-state index is 0.115. The van der Waals surface area contributed by atoms with E-state index in [0.717, 1.165) is 54.3 Å². The maximum absolute atomic E-state index is 12.2. The van der Waals surface area contributed by atoms with Crippen molar-refractivity contribution in [1.82, 2.24) is 20.6 Å². The van der Waals surface area contributed by atoms with Crippen LogP contribution in [0.1, 0.15) is 21.5 Å². The minimum atomic E-state index is -0.115. The Labute approximate surface area is 162 Å². The standard InChI is InChI=1S/C20H22ClN5O/c1-22-19(27)15-11-14(9-13-3-2-4-16(21)10-13)18-17(12-15)24-20(25-18)26-7-5-23-6-8-26/h2-4,10-12,23H,5-9H2,1H3,(H,22,27)(H,24,25). The van der Waals surface area contributed by atoms with Crippen LogP contribution < -0.4 is 15.5 Å². The number of aromatic nitrogens is 2. The normalized spacial score (nSPS) is 14.5. The summed E-state index contributed by atoms with van der Waals surface area (Å²) in [5.74, 6) is 0.740. The van der Waals surface area contributed by atoms with E-state index in [0.29, 0.717) is 17.0 Å². The lowest BCUT2D eigenvalue weighted by molar-refractivity contribution is 0.0963. The van der Waals surface area contributed by atoms with Crippen LogP contribution in [0.4, 0.5) is 5.95 Å². The molecule has 0 radical (unpaired) electrons. The Hall–Kier alpha value is -2.57. The average molecular weight is 384 g/mol. The van der Waals surface area contributed by atoms with E-state index in [-0.39, 0.29) is 5.91 Å². The topological polar surface area (TPSA) is 73.1 Å². The van der Waals surface area contributed by atoms with E-state index in [9.17, 15) is 4.79 Å². The van der Waals surface area contributed by atoms with Gasteiger partial charge in [-0.1, -0.05) is 23.7 Å². The number of imidazole rings is 1. The zero-order valence-corrected chi connectivity index (χ0v) is 15.9. The van der Waals surface area contributed by atoms with Gasteiger partial charge in [0.25, 0.3) is 5.91 Å². The van der Waals surface area contributed by atoms with Crippen molar-refractivity contribution in [1.29, 1.82) is 0 Å². The van der Waals surface area contributed by atoms with Crippen LogP contribution in [0, 0.1) is 0 Å². The summed E-state index contributed by atoms with van der Waals surface area (Å²) in [7, 11) is 1.64. The van der Waals surface area contributed by atoms with Gasteiger partial charge in [0, 0.05) is 43.8 Å². The van der Waals surface area contributed by atoms with Crippen molar-refractivity contribution in [3.05, 3.63) is 58.1 Å². The number of amides is 1. The molecule has 4 rings (SSSR count). The molecule has 0 unspecified atom stereocenters. The molecule has 1 aromatic heterocycles. The van der Waals surface area contributed by atoms with E-state index in [1.807, 2.05) is 36.4 Å². The third-order valence-electron chi connectivity index (χ3n) is 4.85. The first-order valence-corrected chi connectivity index (χ1v) is 9.46. The highest BCUT2D eigenvalue weighted by atomic mass is 35.5. The number of piperazine rings is 1. The number of benzene rings is 2. The molecular weight excluding hydrogens is 362 g/mol. The van der Waals surface area contributed by atoms with Gasteiger partial charge in [-0.15, -0.1) is 0 Å². The second-order valence-corrected chi connectivity index (χ2v) is 7.15. The Morgan fingerprint density at radius 2 is 2.07 bits per heavy atom. The summed E-state index contributed by atoms with van der Waals surface area (Å²) in [6.45, 7) is 3.70. The molecule has 6 nitrogen and oxygen atoms in total. The molecule has 0 aliphatic carbocycles. The number of halogens is 1. The van der Waals surface area contributed by atoms with E-state index < -0.39 is 0 Å². The summed E-state index contributed by atoms with van der Waals surface area (Å²) >= 11 is 6.14. The van der Waals surface area contributed by atoms with Crippen molar-refractivity contribution in [2.24, 2.45) is 0 Å². The summed E-state index contributed by atoms with van der Waals surface area (Å²) < 4.78 is 0. The number of nitrogens with one attached hydrogen (secondary N) is 3. The van der Waals surface area contributed by atoms with E-state index in [2.05, 4.69) is 20.5 Å². The molecule has 1 saturated heterocycles. The number of carbonyl (C=O) groups is 1. The molecule has 2 aromatic carbocycles. The van der Waals surface area contributed by atoms with Gasteiger partial charge in [0.1, 0.15) is 0 Å². The van der Waals surface area contributed by atoms with Crippen LogP contribution >= 0.6 is 11.6 Å². The highest BCUT2D eigenvalue weighted by molar-refractivity contribution is 6.30. The number of anilines is 1. The zero-order chi connectivity index (χ0) is 18.8. The van der Waals surface area contributed by atoms with Crippen molar-refractivity contribution in [3.63, 3.8) is 0 Å². The number of carbonyl (C=O) groups excluding carboxylic acids is 1. The first-order chi connectivity index (χ1) is 13.1. The van der Waals surface area contributed by atoms with Crippen LogP contribution in [-0.4, -0.2) is 49.1 Å². The number of fused-ring (bicyclic) bond motifs is 1. The summed E-state index contributed by atoms with van der Waals surface area (Å²) in [5, 5.41) is 6.76. The fourth-order valence-corrected chi connectivity index (χ4v) is 3.69. The Morgan fingerprint density at radius 3 is 2.81 bits per heavy atom. The molecule has 1 fully saturated rings. The number of H-pyrrole nitrogens is 1. The summed E-state index contributed by atoms with van der Waals surface area (Å²) in [6, 6.07) is 11.6. The van der Waals surface area contributed by atoms with Crippen molar-refractivity contribution in [2.45, 2.75) is 6.42 Å². The minimum Gasteiger partial charge on any atom is -0.355 e. The van der Waals surface area contributed by atoms with Crippen molar-refractivity contribution >= 4 is 34.5 Å². The summed E-state index contributed by atoms with van der Waals surface area (Å²) in [5.41, 5.74) is 4.51. The maximum atomic E-state index is 12.2. The van der Waals surface area contributed by atoms with E-state index in [1.54, 1.807) is 7.05 Å². The van der Waals surface area contributed by atoms with Crippen molar-refractivity contribution < 1.29 is 4.79 Å². The fraction of sp³-hybridized carbons (Fsp3) is 0.300. The predicted octanol–water partition coefficient (Wildman–Crippen LogP) is 2.58. The number of aromatic amines is 1. The molecular formula is C20H22ClN5O. The molecule has 1 amide bonds. The van der Waals surface area contributed by atoms with Crippen LogP contribution in [0.15, 0.2) is 36.4 Å². The molecule has 1 aliphatic rings. The van der Waals surface area contributed by atoms with Gasteiger partial charge in [0.2, 0.25) is 5.95 Å². The third-order valence-corrected chi connectivity index (χ3v) is 5.09. The molecule has 27 heavy (non-hydrogen) atoms. The Balaban J connectivity index is 1.78. The van der Waals surface area contributed by atoms with Crippen LogP contribution in [0.3, 0.4) is 0 Å². The van der Waals surface area contributed by atoms with E-state index >= 15 is 0 Å². The highest BCUT2D eigenvalue weighted by Crippen LogP contribution is 2.26. The summed E-state index contributed by atoms with van der Waals surface area (Å²) in [4.78, 5) is 22.7. The van der Waals surface area contributed by atoms with Gasteiger partial charge in [-0.05, 0) is 41.8 Å². The highest BCUT2D eigenvalue weighted by Gasteiger charge is 2.18. The van der Waals surface area contributed by atoms with Crippen LogP contribution in [-0.2, 0) is 6.42 Å². The number of hydrogen-bond donors (Lipinski definition) is 3. The van der Waals surface area contributed by atoms with Gasteiger partial charge in [0.05, 0.1) is 11.0 Å². The number of nitrogens with zero attached hydrogens (tertiary/aromatic N) is 2. The van der Waals surface area contributed by atoms with Crippen LogP contribution in [0.2, 0.25) is 5.02 Å². The second kappa shape index (κ2) is 7.58. The molecule has 1 aliphatic heterocycles. The molecule has 3 aromatic rings. The largest absolute Gasteiger partial charge is 0.355 e. The first-order valence-electron chi connectivity index (χ1n) is 9.09. The molecule has 0 bridgehead atoms. The predicted molar refractivity (Wildman–Crippen MR) is 109 cm³/mol. The van der Waals surface area contributed by atoms with Gasteiger partial charge in [0.15, 0.2) is 0 Å². The van der Waals surface area contributed by atoms with E-state index in [4.69, 9.17) is 16.6 Å². The molecule has 7 heteroatoms. The van der Waals surface area contributed by atoms with Gasteiger partial charge >= 0.3 is 0 Å². The molecule has 0 spiro atoms. The smallest absolute Gasteiger partial charge is 0.251 e. The lowest BCUT2D eigenvalue weighted by atomic mass is 10.0. The molecule has 2 heterocycles. The van der Waals surface area contributed by atoms with Gasteiger partial charge in [-0.25, -0.2) is 4.98 Å². The Morgan fingerprint density at radius 1 is 1.26 bits per heavy atom. The maximum Gasteiger partial charge on any atom is 0.251 e. The van der Waals surface area contributed by atoms with Crippen LogP contribution in [0.5, 0.6) is 0 Å². The molecule has 3 N–H and O–H groups in total. The molecule has 0 saturated carbocycles. The second-order valence-electron chi connectivity index (χ2n) is 6.71. The number of rotatable bonds is 4. The first kappa shape index (κ1) is 17.8. The van der Waals surface area contributed by atoms with Gasteiger partial charge in [-0.3, -0.25) is 4.79 Å². The monoisotopic (exact) mass is 383 g/mol. The third kappa shape index (κ3) is 3.77. The Kier molecular flexibility index (Phi) is 5.01. The average Bonchev–Trinajstić information content (AvgIpc) is 3.12. The zero-order valence-electron chi connectivity index (χ0n) is 15.2. The van der Waals surface area contributed by atoms with Gasteiger partial charge in [-0.2, -0.15) is 0 Å². The number of hydrogen-bond acceptors (Lipinski definition) is 4. The molecule has 140 valence electrons.